The Morgan fingerprint density at radius 1 is 1.47 bits per heavy atom. The molecule has 19 heavy (non-hydrogen) atoms. The van der Waals surface area contributed by atoms with E-state index in [1.54, 1.807) is 0 Å². The summed E-state index contributed by atoms with van der Waals surface area (Å²) in [5.74, 6) is -2.64. The number of carboxylic acids is 1. The number of halogens is 1. The van der Waals surface area contributed by atoms with Gasteiger partial charge in [-0.05, 0) is 24.6 Å². The van der Waals surface area contributed by atoms with Crippen molar-refractivity contribution in [2.75, 3.05) is 11.9 Å². The first-order valence-electron chi connectivity index (χ1n) is 6.03. The molecule has 1 unspecified atom stereocenters. The quantitative estimate of drug-likeness (QED) is 0.734. The van der Waals surface area contributed by atoms with E-state index in [1.807, 2.05) is 6.92 Å². The minimum absolute atomic E-state index is 0.0490. The highest BCUT2D eigenvalue weighted by Crippen LogP contribution is 2.19. The number of nitrogens with two attached hydrogens (primary N) is 1. The minimum atomic E-state index is -1.23. The third-order valence-electron chi connectivity index (χ3n) is 2.76. The number of rotatable bonds is 6. The average Bonchev–Trinajstić information content (AvgIpc) is 2.35. The summed E-state index contributed by atoms with van der Waals surface area (Å²) in [5, 5.41) is 11.4. The Hall–Kier alpha value is -1.95. The van der Waals surface area contributed by atoms with Gasteiger partial charge in [-0.3, -0.25) is 4.79 Å². The molecule has 0 fully saturated rings. The Morgan fingerprint density at radius 2 is 2.16 bits per heavy atom. The van der Waals surface area contributed by atoms with Gasteiger partial charge in [-0.25, -0.2) is 9.18 Å². The second-order valence-electron chi connectivity index (χ2n) is 4.21. The number of carboxylic acid groups (broad SMARTS) is 1. The smallest absolute Gasteiger partial charge is 0.337 e. The molecule has 0 radical (unpaired) electrons. The number of nitrogens with one attached hydrogen (secondary N) is 1. The Kier molecular flexibility index (Phi) is 5.44. The molecule has 6 heteroatoms. The summed E-state index contributed by atoms with van der Waals surface area (Å²) in [6, 6.07) is 3.14. The predicted octanol–water partition coefficient (Wildman–Crippen LogP) is 1.84. The summed E-state index contributed by atoms with van der Waals surface area (Å²) in [5.41, 5.74) is 5.29. The fraction of sp³-hybridized carbons (Fsp3) is 0.385. The Morgan fingerprint density at radius 3 is 2.68 bits per heavy atom. The van der Waals surface area contributed by atoms with Crippen molar-refractivity contribution in [2.24, 2.45) is 11.7 Å². The van der Waals surface area contributed by atoms with Gasteiger partial charge in [0, 0.05) is 6.54 Å². The monoisotopic (exact) mass is 268 g/mol. The fourth-order valence-corrected chi connectivity index (χ4v) is 1.75. The van der Waals surface area contributed by atoms with Gasteiger partial charge in [0.25, 0.3) is 0 Å². The van der Waals surface area contributed by atoms with Crippen LogP contribution in [0.1, 0.15) is 30.1 Å². The number of carbonyl (C=O) groups excluding carboxylic acids is 1. The minimum Gasteiger partial charge on any atom is -0.478 e. The van der Waals surface area contributed by atoms with E-state index in [1.165, 1.54) is 0 Å². The number of amides is 1. The first kappa shape index (κ1) is 15.1. The normalized spacial score (nSPS) is 11.9. The number of hydrogen-bond acceptors (Lipinski definition) is 3. The average molecular weight is 268 g/mol. The molecule has 0 saturated heterocycles. The molecule has 0 aliphatic heterocycles. The van der Waals surface area contributed by atoms with Crippen LogP contribution in [0.3, 0.4) is 0 Å². The zero-order chi connectivity index (χ0) is 14.4. The lowest BCUT2D eigenvalue weighted by molar-refractivity contribution is -0.119. The Labute approximate surface area is 110 Å². The van der Waals surface area contributed by atoms with Crippen molar-refractivity contribution in [3.8, 4) is 0 Å². The summed E-state index contributed by atoms with van der Waals surface area (Å²) in [4.78, 5) is 22.9. The van der Waals surface area contributed by atoms with Gasteiger partial charge in [0.15, 0.2) is 0 Å². The number of hydrogen-bond donors (Lipinski definition) is 3. The lowest BCUT2D eigenvalue weighted by Crippen LogP contribution is -2.29. The van der Waals surface area contributed by atoms with Crippen molar-refractivity contribution in [1.29, 1.82) is 0 Å². The van der Waals surface area contributed by atoms with E-state index in [4.69, 9.17) is 10.8 Å². The van der Waals surface area contributed by atoms with Gasteiger partial charge in [0.2, 0.25) is 5.91 Å². The molecule has 4 N–H and O–H groups in total. The molecule has 1 aromatic rings. The third-order valence-corrected chi connectivity index (χ3v) is 2.76. The summed E-state index contributed by atoms with van der Waals surface area (Å²) in [6.45, 7) is 2.08. The van der Waals surface area contributed by atoms with Crippen LogP contribution >= 0.6 is 0 Å². The van der Waals surface area contributed by atoms with Gasteiger partial charge in [0.05, 0.1) is 17.2 Å². The molecule has 1 rings (SSSR count). The van der Waals surface area contributed by atoms with Gasteiger partial charge in [-0.2, -0.15) is 0 Å². The van der Waals surface area contributed by atoms with Crippen LogP contribution in [0.4, 0.5) is 10.1 Å². The van der Waals surface area contributed by atoms with Gasteiger partial charge < -0.3 is 16.2 Å². The van der Waals surface area contributed by atoms with Crippen LogP contribution in [0.15, 0.2) is 18.2 Å². The highest BCUT2D eigenvalue weighted by Gasteiger charge is 2.19. The lowest BCUT2D eigenvalue weighted by Gasteiger charge is -2.15. The molecule has 0 heterocycles. The van der Waals surface area contributed by atoms with Crippen LogP contribution in [0.5, 0.6) is 0 Å². The molecule has 0 aromatic heterocycles. The molecule has 0 aliphatic rings. The van der Waals surface area contributed by atoms with E-state index < -0.39 is 23.6 Å². The van der Waals surface area contributed by atoms with Gasteiger partial charge in [-0.1, -0.05) is 13.3 Å². The second-order valence-corrected chi connectivity index (χ2v) is 4.21. The maximum Gasteiger partial charge on any atom is 0.337 e. The molecule has 0 aliphatic carbocycles. The van der Waals surface area contributed by atoms with Crippen molar-refractivity contribution in [1.82, 2.24) is 0 Å². The van der Waals surface area contributed by atoms with Gasteiger partial charge in [0.1, 0.15) is 5.82 Å². The largest absolute Gasteiger partial charge is 0.478 e. The van der Waals surface area contributed by atoms with Crippen molar-refractivity contribution in [3.05, 3.63) is 29.6 Å². The number of carbonyl (C=O) groups is 2. The van der Waals surface area contributed by atoms with E-state index in [0.29, 0.717) is 6.42 Å². The summed E-state index contributed by atoms with van der Waals surface area (Å²) in [7, 11) is 0. The van der Waals surface area contributed by atoms with Crippen LogP contribution in [-0.4, -0.2) is 23.5 Å². The number of anilines is 1. The molecular formula is C13H17FN2O3. The van der Waals surface area contributed by atoms with Crippen molar-refractivity contribution >= 4 is 17.6 Å². The van der Waals surface area contributed by atoms with Crippen molar-refractivity contribution in [3.63, 3.8) is 0 Å². The Bertz CT molecular complexity index is 477. The molecular weight excluding hydrogens is 251 g/mol. The van der Waals surface area contributed by atoms with Crippen LogP contribution in [0.2, 0.25) is 0 Å². The molecule has 0 bridgehead atoms. The predicted molar refractivity (Wildman–Crippen MR) is 69.4 cm³/mol. The van der Waals surface area contributed by atoms with E-state index >= 15 is 0 Å². The third kappa shape index (κ3) is 4.03. The summed E-state index contributed by atoms with van der Waals surface area (Å²) >= 11 is 0. The molecule has 0 saturated carbocycles. The SMILES string of the molecule is CCCC(CN)C(=O)Nc1cc(F)ccc1C(=O)O. The van der Waals surface area contributed by atoms with E-state index in [9.17, 15) is 14.0 Å². The molecule has 0 spiro atoms. The first-order valence-corrected chi connectivity index (χ1v) is 6.03. The van der Waals surface area contributed by atoms with Crippen LogP contribution < -0.4 is 11.1 Å². The van der Waals surface area contributed by atoms with Crippen molar-refractivity contribution in [2.45, 2.75) is 19.8 Å². The van der Waals surface area contributed by atoms with Gasteiger partial charge >= 0.3 is 5.97 Å². The number of aromatic carboxylic acids is 1. The highest BCUT2D eigenvalue weighted by molar-refractivity contribution is 6.01. The van der Waals surface area contributed by atoms with Crippen LogP contribution in [0.25, 0.3) is 0 Å². The second kappa shape index (κ2) is 6.84. The fourth-order valence-electron chi connectivity index (χ4n) is 1.75. The maximum atomic E-state index is 13.1. The van der Waals surface area contributed by atoms with E-state index in [2.05, 4.69) is 5.32 Å². The van der Waals surface area contributed by atoms with E-state index in [0.717, 1.165) is 24.6 Å². The van der Waals surface area contributed by atoms with Crippen molar-refractivity contribution < 1.29 is 19.1 Å². The standard InChI is InChI=1S/C13H17FN2O3/c1-2-3-8(7-15)12(17)16-11-6-9(14)4-5-10(11)13(18)19/h4-6,8H,2-3,7,15H2,1H3,(H,16,17)(H,18,19). The summed E-state index contributed by atoms with van der Waals surface area (Å²) in [6.07, 6.45) is 1.38. The molecule has 1 aromatic carbocycles. The maximum absolute atomic E-state index is 13.1. The number of benzene rings is 1. The zero-order valence-electron chi connectivity index (χ0n) is 10.6. The van der Waals surface area contributed by atoms with Crippen LogP contribution in [-0.2, 0) is 4.79 Å². The molecule has 1 atom stereocenters. The van der Waals surface area contributed by atoms with Crippen LogP contribution in [0, 0.1) is 11.7 Å². The molecule has 1 amide bonds. The molecule has 104 valence electrons. The highest BCUT2D eigenvalue weighted by atomic mass is 19.1. The summed E-state index contributed by atoms with van der Waals surface area (Å²) < 4.78 is 13.1. The zero-order valence-corrected chi connectivity index (χ0v) is 10.6. The Balaban J connectivity index is 2.94. The molecule has 5 nitrogen and oxygen atoms in total. The first-order chi connectivity index (χ1) is 8.99. The topological polar surface area (TPSA) is 92.4 Å². The van der Waals surface area contributed by atoms with Gasteiger partial charge in [-0.15, -0.1) is 0 Å². The lowest BCUT2D eigenvalue weighted by atomic mass is 10.0. The van der Waals surface area contributed by atoms with E-state index in [-0.39, 0.29) is 17.8 Å².